The van der Waals surface area contributed by atoms with Gasteiger partial charge in [-0.25, -0.2) is 9.37 Å². The van der Waals surface area contributed by atoms with E-state index in [0.717, 1.165) is 42.0 Å². The maximum absolute atomic E-state index is 13.8. The van der Waals surface area contributed by atoms with Crippen LogP contribution in [0.1, 0.15) is 31.0 Å². The maximum atomic E-state index is 13.8. The van der Waals surface area contributed by atoms with E-state index in [-0.39, 0.29) is 11.2 Å². The van der Waals surface area contributed by atoms with Gasteiger partial charge < -0.3 is 4.57 Å². The number of imidazole rings is 1. The molecule has 20 heavy (non-hydrogen) atoms. The highest BCUT2D eigenvalue weighted by molar-refractivity contribution is 14.1. The standard InChI is InChI=1S/C14H17ClFIN2S/c1-9(15)14-18-12-8-11(17)10(16)7-13(12)19(14)5-3-4-6-20-2/h7-9H,3-6H2,1-2H3. The van der Waals surface area contributed by atoms with Gasteiger partial charge >= 0.3 is 0 Å². The number of thioether (sulfide) groups is 1. The van der Waals surface area contributed by atoms with E-state index in [9.17, 15) is 4.39 Å². The Hall–Kier alpha value is -0.0100. The lowest BCUT2D eigenvalue weighted by Crippen LogP contribution is -2.05. The summed E-state index contributed by atoms with van der Waals surface area (Å²) in [4.78, 5) is 4.57. The quantitative estimate of drug-likeness (QED) is 0.358. The number of rotatable bonds is 6. The molecule has 110 valence electrons. The summed E-state index contributed by atoms with van der Waals surface area (Å²) in [6.07, 6.45) is 4.30. The van der Waals surface area contributed by atoms with Gasteiger partial charge in [-0.3, -0.25) is 0 Å². The molecule has 1 aromatic carbocycles. The predicted molar refractivity (Wildman–Crippen MR) is 94.3 cm³/mol. The summed E-state index contributed by atoms with van der Waals surface area (Å²) in [5.41, 5.74) is 1.66. The number of hydrogen-bond acceptors (Lipinski definition) is 2. The van der Waals surface area contributed by atoms with Crippen molar-refractivity contribution in [3.05, 3.63) is 27.3 Å². The van der Waals surface area contributed by atoms with Gasteiger partial charge in [0.15, 0.2) is 0 Å². The van der Waals surface area contributed by atoms with Crippen molar-refractivity contribution in [2.45, 2.75) is 31.7 Å². The van der Waals surface area contributed by atoms with Gasteiger partial charge in [-0.1, -0.05) is 0 Å². The van der Waals surface area contributed by atoms with Crippen LogP contribution in [0.5, 0.6) is 0 Å². The van der Waals surface area contributed by atoms with Gasteiger partial charge in [-0.15, -0.1) is 11.6 Å². The van der Waals surface area contributed by atoms with Crippen molar-refractivity contribution < 1.29 is 4.39 Å². The van der Waals surface area contributed by atoms with Crippen molar-refractivity contribution in [1.29, 1.82) is 0 Å². The fraction of sp³-hybridized carbons (Fsp3) is 0.500. The fourth-order valence-electron chi connectivity index (χ4n) is 2.19. The minimum atomic E-state index is -0.197. The Morgan fingerprint density at radius 3 is 2.85 bits per heavy atom. The summed E-state index contributed by atoms with van der Waals surface area (Å²) in [5.74, 6) is 1.77. The fourth-order valence-corrected chi connectivity index (χ4v) is 3.30. The third-order valence-corrected chi connectivity index (χ3v) is 4.87. The SMILES string of the molecule is CSCCCCn1c(C(C)Cl)nc2cc(I)c(F)cc21. The molecule has 0 N–H and O–H groups in total. The minimum Gasteiger partial charge on any atom is -0.327 e. The second-order valence-electron chi connectivity index (χ2n) is 4.69. The van der Waals surface area contributed by atoms with Crippen molar-refractivity contribution in [2.24, 2.45) is 0 Å². The Morgan fingerprint density at radius 1 is 1.45 bits per heavy atom. The molecule has 0 saturated carbocycles. The minimum absolute atomic E-state index is 0.177. The topological polar surface area (TPSA) is 17.8 Å². The molecule has 1 aromatic heterocycles. The van der Waals surface area contributed by atoms with Crippen LogP contribution >= 0.6 is 46.0 Å². The van der Waals surface area contributed by atoms with Gasteiger partial charge in [0, 0.05) is 12.6 Å². The van der Waals surface area contributed by atoms with Crippen LogP contribution < -0.4 is 0 Å². The lowest BCUT2D eigenvalue weighted by atomic mass is 10.3. The number of aromatic nitrogens is 2. The van der Waals surface area contributed by atoms with E-state index in [1.54, 1.807) is 12.1 Å². The zero-order chi connectivity index (χ0) is 14.7. The first-order valence-electron chi connectivity index (χ1n) is 6.52. The highest BCUT2D eigenvalue weighted by atomic mass is 127. The number of aryl methyl sites for hydroxylation is 1. The Balaban J connectivity index is 2.37. The van der Waals surface area contributed by atoms with Crippen LogP contribution in [0.4, 0.5) is 4.39 Å². The average Bonchev–Trinajstić information content (AvgIpc) is 2.74. The molecular formula is C14H17ClFIN2S. The van der Waals surface area contributed by atoms with E-state index < -0.39 is 0 Å². The molecule has 0 saturated heterocycles. The highest BCUT2D eigenvalue weighted by Crippen LogP contribution is 2.27. The van der Waals surface area contributed by atoms with Crippen LogP contribution in [0.15, 0.2) is 12.1 Å². The zero-order valence-electron chi connectivity index (χ0n) is 11.5. The smallest absolute Gasteiger partial charge is 0.138 e. The van der Waals surface area contributed by atoms with E-state index in [0.29, 0.717) is 3.57 Å². The Bertz CT molecular complexity index is 600. The predicted octanol–water partition coefficient (Wildman–Crippen LogP) is 5.22. The molecule has 2 aromatic rings. The van der Waals surface area contributed by atoms with E-state index in [4.69, 9.17) is 11.6 Å². The molecule has 0 aliphatic rings. The van der Waals surface area contributed by atoms with Gasteiger partial charge in [0.05, 0.1) is 20.0 Å². The highest BCUT2D eigenvalue weighted by Gasteiger charge is 2.16. The maximum Gasteiger partial charge on any atom is 0.138 e. The number of nitrogens with zero attached hydrogens (tertiary/aromatic N) is 2. The van der Waals surface area contributed by atoms with Crippen LogP contribution in [0.25, 0.3) is 11.0 Å². The first-order chi connectivity index (χ1) is 9.54. The molecule has 0 bridgehead atoms. The zero-order valence-corrected chi connectivity index (χ0v) is 15.2. The Morgan fingerprint density at radius 2 is 2.20 bits per heavy atom. The van der Waals surface area contributed by atoms with Gasteiger partial charge in [-0.05, 0) is 60.4 Å². The lowest BCUT2D eigenvalue weighted by molar-refractivity contribution is 0.608. The molecule has 1 atom stereocenters. The van der Waals surface area contributed by atoms with Crippen LogP contribution in [-0.2, 0) is 6.54 Å². The summed E-state index contributed by atoms with van der Waals surface area (Å²) >= 11 is 10.1. The van der Waals surface area contributed by atoms with E-state index in [2.05, 4.69) is 15.8 Å². The van der Waals surface area contributed by atoms with E-state index in [1.165, 1.54) is 0 Å². The Kier molecular flexibility index (Phi) is 5.98. The second kappa shape index (κ2) is 7.31. The van der Waals surface area contributed by atoms with Crippen LogP contribution in [0.3, 0.4) is 0 Å². The van der Waals surface area contributed by atoms with Gasteiger partial charge in [-0.2, -0.15) is 11.8 Å². The number of benzene rings is 1. The first-order valence-corrected chi connectivity index (χ1v) is 9.43. The molecular weight excluding hydrogens is 410 g/mol. The normalized spacial score (nSPS) is 13.1. The van der Waals surface area contributed by atoms with Crippen molar-refractivity contribution in [3.63, 3.8) is 0 Å². The third-order valence-electron chi connectivity index (χ3n) is 3.16. The van der Waals surface area contributed by atoms with Crippen molar-refractivity contribution in [2.75, 3.05) is 12.0 Å². The average molecular weight is 427 g/mol. The molecule has 2 nitrogen and oxygen atoms in total. The van der Waals surface area contributed by atoms with Gasteiger partial charge in [0.1, 0.15) is 11.6 Å². The molecule has 0 radical (unpaired) electrons. The molecule has 0 aliphatic heterocycles. The molecule has 0 amide bonds. The van der Waals surface area contributed by atoms with Crippen molar-refractivity contribution in [3.8, 4) is 0 Å². The monoisotopic (exact) mass is 426 g/mol. The molecule has 6 heteroatoms. The second-order valence-corrected chi connectivity index (χ2v) is 7.50. The molecule has 2 rings (SSSR count). The number of unbranched alkanes of at least 4 members (excludes halogenated alkanes) is 1. The number of hydrogen-bond donors (Lipinski definition) is 0. The molecule has 1 heterocycles. The lowest BCUT2D eigenvalue weighted by Gasteiger charge is -2.10. The molecule has 0 fully saturated rings. The summed E-state index contributed by atoms with van der Waals surface area (Å²) in [5, 5.41) is -0.177. The number of alkyl halides is 1. The van der Waals surface area contributed by atoms with E-state index >= 15 is 0 Å². The Labute approximate surface area is 141 Å². The first kappa shape index (κ1) is 16.4. The van der Waals surface area contributed by atoms with Crippen LogP contribution in [0, 0.1) is 9.39 Å². The molecule has 0 aliphatic carbocycles. The number of fused-ring (bicyclic) bond motifs is 1. The molecule has 1 unspecified atom stereocenters. The van der Waals surface area contributed by atoms with Crippen molar-refractivity contribution in [1.82, 2.24) is 9.55 Å². The largest absolute Gasteiger partial charge is 0.327 e. The van der Waals surface area contributed by atoms with Crippen LogP contribution in [-0.4, -0.2) is 21.6 Å². The van der Waals surface area contributed by atoms with Crippen molar-refractivity contribution >= 4 is 57.0 Å². The summed E-state index contributed by atoms with van der Waals surface area (Å²) in [6, 6.07) is 3.35. The van der Waals surface area contributed by atoms with Crippen LogP contribution in [0.2, 0.25) is 0 Å². The van der Waals surface area contributed by atoms with Gasteiger partial charge in [0.25, 0.3) is 0 Å². The number of halogens is 3. The summed E-state index contributed by atoms with van der Waals surface area (Å²) < 4.78 is 16.5. The summed E-state index contributed by atoms with van der Waals surface area (Å²) in [7, 11) is 0. The van der Waals surface area contributed by atoms with E-state index in [1.807, 2.05) is 41.3 Å². The van der Waals surface area contributed by atoms with Gasteiger partial charge in [0.2, 0.25) is 0 Å². The third kappa shape index (κ3) is 3.60. The molecule has 0 spiro atoms. The summed E-state index contributed by atoms with van der Waals surface area (Å²) in [6.45, 7) is 2.74.